The Bertz CT molecular complexity index is 603. The zero-order valence-electron chi connectivity index (χ0n) is 13.0. The second-order valence-electron chi connectivity index (χ2n) is 5.43. The first-order valence-electron chi connectivity index (χ1n) is 6.98. The van der Waals surface area contributed by atoms with Gasteiger partial charge in [-0.2, -0.15) is 0 Å². The minimum Gasteiger partial charge on any atom is -0.497 e. The van der Waals surface area contributed by atoms with E-state index < -0.39 is 0 Å². The topological polar surface area (TPSA) is 57.4 Å². The van der Waals surface area contributed by atoms with Gasteiger partial charge in [0.05, 0.1) is 12.8 Å². The summed E-state index contributed by atoms with van der Waals surface area (Å²) >= 11 is 1.63. The highest BCUT2D eigenvalue weighted by Gasteiger charge is 2.22. The van der Waals surface area contributed by atoms with Gasteiger partial charge in [0, 0.05) is 16.5 Å². The van der Waals surface area contributed by atoms with E-state index in [1.165, 1.54) is 0 Å². The molecule has 0 spiro atoms. The Balaban J connectivity index is 2.11. The number of nitrogens with zero attached hydrogens (tertiary/aromatic N) is 1. The van der Waals surface area contributed by atoms with E-state index in [0.29, 0.717) is 6.61 Å². The van der Waals surface area contributed by atoms with Crippen LogP contribution < -0.4 is 15.2 Å². The molecule has 0 amide bonds. The van der Waals surface area contributed by atoms with Gasteiger partial charge in [-0.05, 0) is 32.4 Å². The fraction of sp³-hybridized carbons (Fsp3) is 0.438. The third-order valence-electron chi connectivity index (χ3n) is 3.07. The SMILES string of the molecule is CCc1nc(COc2cccc(OC)c2)sc1C(C)(C)N. The van der Waals surface area contributed by atoms with Gasteiger partial charge in [0.25, 0.3) is 0 Å². The van der Waals surface area contributed by atoms with Crippen LogP contribution in [0.2, 0.25) is 0 Å². The van der Waals surface area contributed by atoms with Gasteiger partial charge in [0.15, 0.2) is 0 Å². The lowest BCUT2D eigenvalue weighted by Crippen LogP contribution is -2.28. The van der Waals surface area contributed by atoms with Crippen molar-refractivity contribution in [2.45, 2.75) is 39.3 Å². The highest BCUT2D eigenvalue weighted by Crippen LogP contribution is 2.29. The number of aryl methyl sites for hydroxylation is 1. The van der Waals surface area contributed by atoms with E-state index in [-0.39, 0.29) is 5.54 Å². The van der Waals surface area contributed by atoms with Crippen LogP contribution in [0.3, 0.4) is 0 Å². The van der Waals surface area contributed by atoms with Crippen molar-refractivity contribution in [2.24, 2.45) is 5.73 Å². The number of nitrogens with two attached hydrogens (primary N) is 1. The van der Waals surface area contributed by atoms with Gasteiger partial charge < -0.3 is 15.2 Å². The van der Waals surface area contributed by atoms with Gasteiger partial charge in [-0.1, -0.05) is 13.0 Å². The van der Waals surface area contributed by atoms with Crippen molar-refractivity contribution in [3.8, 4) is 11.5 Å². The molecule has 0 bridgehead atoms. The molecule has 0 fully saturated rings. The number of aromatic nitrogens is 1. The van der Waals surface area contributed by atoms with E-state index in [4.69, 9.17) is 15.2 Å². The Labute approximate surface area is 129 Å². The zero-order valence-corrected chi connectivity index (χ0v) is 13.8. The van der Waals surface area contributed by atoms with Gasteiger partial charge in [-0.3, -0.25) is 0 Å². The molecule has 0 aliphatic rings. The molecule has 2 rings (SSSR count). The lowest BCUT2D eigenvalue weighted by molar-refractivity contribution is 0.303. The van der Waals surface area contributed by atoms with Gasteiger partial charge in [-0.15, -0.1) is 11.3 Å². The van der Waals surface area contributed by atoms with Crippen LogP contribution in [0.25, 0.3) is 0 Å². The summed E-state index contributed by atoms with van der Waals surface area (Å²) in [5.74, 6) is 1.56. The van der Waals surface area contributed by atoms with Gasteiger partial charge in [-0.25, -0.2) is 4.98 Å². The molecular formula is C16H22N2O2S. The Kier molecular flexibility index (Phi) is 4.85. The first-order valence-corrected chi connectivity index (χ1v) is 7.80. The molecule has 0 unspecified atom stereocenters. The van der Waals surface area contributed by atoms with Crippen molar-refractivity contribution >= 4 is 11.3 Å². The predicted molar refractivity (Wildman–Crippen MR) is 86.0 cm³/mol. The zero-order chi connectivity index (χ0) is 15.5. The first-order chi connectivity index (χ1) is 9.94. The maximum absolute atomic E-state index is 6.20. The molecule has 2 aromatic rings. The molecule has 0 saturated carbocycles. The minimum absolute atomic E-state index is 0.364. The summed E-state index contributed by atoms with van der Waals surface area (Å²) in [6.07, 6.45) is 0.881. The summed E-state index contributed by atoms with van der Waals surface area (Å²) < 4.78 is 11.0. The number of methoxy groups -OCH3 is 1. The van der Waals surface area contributed by atoms with Crippen molar-refractivity contribution in [3.63, 3.8) is 0 Å². The highest BCUT2D eigenvalue weighted by atomic mass is 32.1. The van der Waals surface area contributed by atoms with Crippen molar-refractivity contribution in [3.05, 3.63) is 39.8 Å². The van der Waals surface area contributed by atoms with E-state index in [0.717, 1.165) is 33.5 Å². The third-order valence-corrected chi connectivity index (χ3v) is 4.48. The molecule has 2 N–H and O–H groups in total. The van der Waals surface area contributed by atoms with Crippen LogP contribution in [0.15, 0.2) is 24.3 Å². The Morgan fingerprint density at radius 1 is 1.29 bits per heavy atom. The normalized spacial score (nSPS) is 11.5. The molecule has 1 heterocycles. The maximum Gasteiger partial charge on any atom is 0.140 e. The molecule has 0 radical (unpaired) electrons. The molecule has 21 heavy (non-hydrogen) atoms. The van der Waals surface area contributed by atoms with Gasteiger partial charge >= 0.3 is 0 Å². The number of hydrogen-bond donors (Lipinski definition) is 1. The Hall–Kier alpha value is -1.59. The number of thiazole rings is 1. The molecule has 4 nitrogen and oxygen atoms in total. The van der Waals surface area contributed by atoms with Crippen LogP contribution in [0.4, 0.5) is 0 Å². The molecule has 114 valence electrons. The fourth-order valence-corrected chi connectivity index (χ4v) is 3.12. The summed E-state index contributed by atoms with van der Waals surface area (Å²) in [6, 6.07) is 7.56. The molecule has 5 heteroatoms. The van der Waals surface area contributed by atoms with Crippen LogP contribution in [0.1, 0.15) is 36.3 Å². The average Bonchev–Trinajstić information content (AvgIpc) is 2.89. The second kappa shape index (κ2) is 6.45. The van der Waals surface area contributed by atoms with E-state index in [1.54, 1.807) is 18.4 Å². The van der Waals surface area contributed by atoms with Crippen LogP contribution >= 0.6 is 11.3 Å². The average molecular weight is 306 g/mol. The summed E-state index contributed by atoms with van der Waals surface area (Å²) in [7, 11) is 1.64. The smallest absolute Gasteiger partial charge is 0.140 e. The van der Waals surface area contributed by atoms with Crippen molar-refractivity contribution in [1.82, 2.24) is 4.98 Å². The Morgan fingerprint density at radius 3 is 2.57 bits per heavy atom. The molecule has 0 saturated heterocycles. The number of ether oxygens (including phenoxy) is 2. The lowest BCUT2D eigenvalue weighted by Gasteiger charge is -2.17. The standard InChI is InChI=1S/C16H22N2O2S/c1-5-13-15(16(2,3)17)21-14(18-13)10-20-12-8-6-7-11(9-12)19-4/h6-9H,5,10,17H2,1-4H3. The van der Waals surface area contributed by atoms with E-state index in [2.05, 4.69) is 11.9 Å². The monoisotopic (exact) mass is 306 g/mol. The van der Waals surface area contributed by atoms with Gasteiger partial charge in [0.2, 0.25) is 0 Å². The number of benzene rings is 1. The molecule has 0 aliphatic heterocycles. The maximum atomic E-state index is 6.20. The highest BCUT2D eigenvalue weighted by molar-refractivity contribution is 7.11. The molecule has 0 atom stereocenters. The third kappa shape index (κ3) is 3.95. The largest absolute Gasteiger partial charge is 0.497 e. The predicted octanol–water partition coefficient (Wildman–Crippen LogP) is 3.49. The summed E-state index contributed by atoms with van der Waals surface area (Å²) in [5, 5.41) is 0.947. The van der Waals surface area contributed by atoms with Crippen molar-refractivity contribution in [2.75, 3.05) is 7.11 Å². The van der Waals surface area contributed by atoms with Crippen molar-refractivity contribution in [1.29, 1.82) is 0 Å². The quantitative estimate of drug-likeness (QED) is 0.887. The molecule has 1 aromatic carbocycles. The van der Waals surface area contributed by atoms with Gasteiger partial charge in [0.1, 0.15) is 23.1 Å². The van der Waals surface area contributed by atoms with Crippen LogP contribution in [0.5, 0.6) is 11.5 Å². The summed E-state index contributed by atoms with van der Waals surface area (Å²) in [4.78, 5) is 5.77. The van der Waals surface area contributed by atoms with Crippen LogP contribution in [-0.2, 0) is 18.6 Å². The van der Waals surface area contributed by atoms with Crippen LogP contribution in [0, 0.1) is 0 Å². The summed E-state index contributed by atoms with van der Waals surface area (Å²) in [5.41, 5.74) is 6.91. The van der Waals surface area contributed by atoms with E-state index in [1.807, 2.05) is 38.1 Å². The Morgan fingerprint density at radius 2 is 2.00 bits per heavy atom. The minimum atomic E-state index is -0.364. The fourth-order valence-electron chi connectivity index (χ4n) is 2.04. The lowest BCUT2D eigenvalue weighted by atomic mass is 10.0. The van der Waals surface area contributed by atoms with E-state index >= 15 is 0 Å². The van der Waals surface area contributed by atoms with Crippen molar-refractivity contribution < 1.29 is 9.47 Å². The van der Waals surface area contributed by atoms with E-state index in [9.17, 15) is 0 Å². The molecule has 1 aromatic heterocycles. The van der Waals surface area contributed by atoms with Crippen LogP contribution in [-0.4, -0.2) is 12.1 Å². The molecular weight excluding hydrogens is 284 g/mol. The number of rotatable bonds is 6. The number of hydrogen-bond acceptors (Lipinski definition) is 5. The first kappa shape index (κ1) is 15.8. The second-order valence-corrected chi connectivity index (χ2v) is 6.51. The molecule has 0 aliphatic carbocycles. The summed E-state index contributed by atoms with van der Waals surface area (Å²) in [6.45, 7) is 6.55.